The third-order valence-corrected chi connectivity index (χ3v) is 7.32. The number of nitrogens with two attached hydrogens (primary N) is 1. The zero-order valence-electron chi connectivity index (χ0n) is 21.4. The minimum absolute atomic E-state index is 0.0406. The molecule has 10 nitrogen and oxygen atoms in total. The fourth-order valence-corrected chi connectivity index (χ4v) is 5.34. The number of nitriles is 1. The van der Waals surface area contributed by atoms with Crippen LogP contribution in [0.5, 0.6) is 0 Å². The molecule has 5 rings (SSSR count). The zero-order chi connectivity index (χ0) is 26.6. The molecule has 0 aliphatic carbocycles. The van der Waals surface area contributed by atoms with Gasteiger partial charge in [0.1, 0.15) is 0 Å². The summed E-state index contributed by atoms with van der Waals surface area (Å²) >= 11 is 0. The first-order valence-corrected chi connectivity index (χ1v) is 13.0. The minimum Gasteiger partial charge on any atom is -0.392 e. The summed E-state index contributed by atoms with van der Waals surface area (Å²) < 4.78 is 7.11. The smallest absolute Gasteiger partial charge is 0.392 e. The van der Waals surface area contributed by atoms with Gasteiger partial charge in [0.15, 0.2) is 5.78 Å². The summed E-state index contributed by atoms with van der Waals surface area (Å²) in [7, 11) is 0. The number of carbonyl (C=O) groups is 1. The molecule has 3 N–H and O–H groups in total. The summed E-state index contributed by atoms with van der Waals surface area (Å²) in [5.74, 6) is 0.312. The van der Waals surface area contributed by atoms with Gasteiger partial charge in [0.05, 0.1) is 34.8 Å². The number of piperidine rings is 1. The number of ketones is 1. The number of Topliss-reactive ketones (excluding diaryl/α,β-unsaturated/α-hetero) is 1. The maximum absolute atomic E-state index is 13.7. The summed E-state index contributed by atoms with van der Waals surface area (Å²) in [6.45, 7) is 4.44. The molecule has 0 atom stereocenters. The Labute approximate surface area is 220 Å². The average molecular weight is 514 g/mol. The number of hydrogen-bond acceptors (Lipinski definition) is 8. The van der Waals surface area contributed by atoms with Crippen molar-refractivity contribution in [1.82, 2.24) is 24.6 Å². The standard InChI is InChI=1S/C28H31N7O3/c1-18-26(24(36)17-34-11-8-19(9-12-34)14-25-32-33-28(37)38-25)27-23(13-21(16-31-27)3-2-10-29)35(18)22-6-4-20(15-30)5-7-22/h4-7,13,16,19H,2-3,8-12,14,17,29H2,1H3,(H,33,37). The lowest BCUT2D eigenvalue weighted by Crippen LogP contribution is -2.38. The largest absolute Gasteiger partial charge is 0.434 e. The monoisotopic (exact) mass is 513 g/mol. The second kappa shape index (κ2) is 11.1. The van der Waals surface area contributed by atoms with E-state index in [9.17, 15) is 14.9 Å². The summed E-state index contributed by atoms with van der Waals surface area (Å²) in [6.07, 6.45) is 5.94. The lowest BCUT2D eigenvalue weighted by Gasteiger charge is -2.30. The molecule has 196 valence electrons. The van der Waals surface area contributed by atoms with E-state index in [1.807, 2.05) is 25.3 Å². The van der Waals surface area contributed by atoms with Crippen LogP contribution in [-0.4, -0.2) is 56.6 Å². The Morgan fingerprint density at radius 2 is 2.03 bits per heavy atom. The maximum Gasteiger partial charge on any atom is 0.434 e. The molecule has 38 heavy (non-hydrogen) atoms. The molecule has 0 spiro atoms. The van der Waals surface area contributed by atoms with Crippen molar-refractivity contribution in [2.24, 2.45) is 11.7 Å². The van der Waals surface area contributed by atoms with Crippen LogP contribution < -0.4 is 11.5 Å². The second-order valence-corrected chi connectivity index (χ2v) is 9.91. The molecule has 0 bridgehead atoms. The predicted octanol–water partition coefficient (Wildman–Crippen LogP) is 2.91. The maximum atomic E-state index is 13.7. The number of carbonyl (C=O) groups excluding carboxylic acids is 1. The number of nitrogens with zero attached hydrogens (tertiary/aromatic N) is 5. The van der Waals surface area contributed by atoms with Crippen molar-refractivity contribution in [3.8, 4) is 11.8 Å². The van der Waals surface area contributed by atoms with E-state index in [4.69, 9.17) is 15.1 Å². The van der Waals surface area contributed by atoms with Crippen LogP contribution in [0.2, 0.25) is 0 Å². The van der Waals surface area contributed by atoms with E-state index in [0.717, 1.165) is 61.2 Å². The van der Waals surface area contributed by atoms with E-state index in [0.29, 0.717) is 48.0 Å². The van der Waals surface area contributed by atoms with Crippen LogP contribution in [0.1, 0.15) is 52.3 Å². The highest BCUT2D eigenvalue weighted by Gasteiger charge is 2.27. The molecule has 1 fully saturated rings. The van der Waals surface area contributed by atoms with Gasteiger partial charge < -0.3 is 14.7 Å². The van der Waals surface area contributed by atoms with Crippen molar-refractivity contribution in [3.63, 3.8) is 0 Å². The van der Waals surface area contributed by atoms with E-state index in [2.05, 4.69) is 31.8 Å². The van der Waals surface area contributed by atoms with Crippen LogP contribution in [0.4, 0.5) is 0 Å². The molecular formula is C28H31N7O3. The Morgan fingerprint density at radius 3 is 2.68 bits per heavy atom. The number of aryl methyl sites for hydroxylation is 1. The van der Waals surface area contributed by atoms with Crippen LogP contribution in [0.3, 0.4) is 0 Å². The second-order valence-electron chi connectivity index (χ2n) is 9.91. The van der Waals surface area contributed by atoms with Crippen LogP contribution in [0, 0.1) is 24.2 Å². The van der Waals surface area contributed by atoms with E-state index < -0.39 is 5.76 Å². The van der Waals surface area contributed by atoms with Gasteiger partial charge in [-0.3, -0.25) is 14.7 Å². The molecule has 0 radical (unpaired) electrons. The number of aromatic amines is 1. The molecular weight excluding hydrogens is 482 g/mol. The van der Waals surface area contributed by atoms with Gasteiger partial charge in [0.25, 0.3) is 0 Å². The number of benzene rings is 1. The molecule has 3 aromatic heterocycles. The fraction of sp³-hybridized carbons (Fsp3) is 0.393. The summed E-state index contributed by atoms with van der Waals surface area (Å²) in [5, 5.41) is 15.4. The topological polar surface area (TPSA) is 147 Å². The SMILES string of the molecule is Cc1c(C(=O)CN2CCC(Cc3n[nH]c(=O)o3)CC2)c2ncc(CCCN)cc2n1-c1ccc(C#N)cc1. The van der Waals surface area contributed by atoms with Crippen LogP contribution >= 0.6 is 0 Å². The number of pyridine rings is 1. The summed E-state index contributed by atoms with van der Waals surface area (Å²) in [4.78, 5) is 31.8. The Morgan fingerprint density at radius 1 is 1.26 bits per heavy atom. The third kappa shape index (κ3) is 5.30. The van der Waals surface area contributed by atoms with Crippen molar-refractivity contribution in [1.29, 1.82) is 5.26 Å². The number of H-pyrrole nitrogens is 1. The van der Waals surface area contributed by atoms with Crippen molar-refractivity contribution in [3.05, 3.63) is 75.4 Å². The van der Waals surface area contributed by atoms with Crippen LogP contribution in [0.15, 0.2) is 45.7 Å². The first-order valence-electron chi connectivity index (χ1n) is 13.0. The lowest BCUT2D eigenvalue weighted by atomic mass is 9.93. The van der Waals surface area contributed by atoms with E-state index in [-0.39, 0.29) is 5.78 Å². The predicted molar refractivity (Wildman–Crippen MR) is 142 cm³/mol. The first kappa shape index (κ1) is 25.6. The molecule has 4 aromatic rings. The summed E-state index contributed by atoms with van der Waals surface area (Å²) in [6, 6.07) is 11.6. The molecule has 4 heterocycles. The van der Waals surface area contributed by atoms with Gasteiger partial charge in [-0.1, -0.05) is 0 Å². The quantitative estimate of drug-likeness (QED) is 0.325. The number of nitrogens with one attached hydrogen (secondary N) is 1. The Kier molecular flexibility index (Phi) is 7.49. The Balaban J connectivity index is 1.39. The van der Waals surface area contributed by atoms with Crippen molar-refractivity contribution in [2.45, 2.75) is 39.0 Å². The van der Waals surface area contributed by atoms with Gasteiger partial charge in [-0.15, -0.1) is 5.10 Å². The minimum atomic E-state index is -0.529. The normalized spacial score (nSPS) is 14.7. The Hall–Kier alpha value is -4.07. The van der Waals surface area contributed by atoms with Gasteiger partial charge in [-0.25, -0.2) is 9.89 Å². The van der Waals surface area contributed by atoms with Crippen LogP contribution in [-0.2, 0) is 12.8 Å². The fourth-order valence-electron chi connectivity index (χ4n) is 5.34. The van der Waals surface area contributed by atoms with Gasteiger partial charge in [-0.2, -0.15) is 5.26 Å². The van der Waals surface area contributed by atoms with Crippen molar-refractivity contribution >= 4 is 16.8 Å². The number of hydrogen-bond donors (Lipinski definition) is 2. The van der Waals surface area contributed by atoms with E-state index in [1.54, 1.807) is 12.1 Å². The highest BCUT2D eigenvalue weighted by molar-refractivity contribution is 6.09. The zero-order valence-corrected chi connectivity index (χ0v) is 21.4. The molecule has 1 aliphatic rings. The highest BCUT2D eigenvalue weighted by atomic mass is 16.4. The van der Waals surface area contributed by atoms with Crippen molar-refractivity contribution < 1.29 is 9.21 Å². The van der Waals surface area contributed by atoms with E-state index in [1.165, 1.54) is 0 Å². The van der Waals surface area contributed by atoms with Crippen molar-refractivity contribution in [2.75, 3.05) is 26.2 Å². The highest BCUT2D eigenvalue weighted by Crippen LogP contribution is 2.30. The molecule has 0 amide bonds. The molecule has 1 aromatic carbocycles. The van der Waals surface area contributed by atoms with Gasteiger partial charge >= 0.3 is 5.76 Å². The van der Waals surface area contributed by atoms with E-state index >= 15 is 0 Å². The third-order valence-electron chi connectivity index (χ3n) is 7.32. The molecule has 0 saturated carbocycles. The molecule has 0 unspecified atom stereocenters. The lowest BCUT2D eigenvalue weighted by molar-refractivity contribution is 0.0894. The molecule has 1 saturated heterocycles. The number of likely N-dealkylation sites (tertiary alicyclic amines) is 1. The van der Waals surface area contributed by atoms with Gasteiger partial charge in [-0.05, 0) is 94.1 Å². The first-order chi connectivity index (χ1) is 18.5. The molecule has 10 heteroatoms. The molecule has 1 aliphatic heterocycles. The van der Waals surface area contributed by atoms with Gasteiger partial charge in [0, 0.05) is 24.0 Å². The number of fused-ring (bicyclic) bond motifs is 1. The van der Waals surface area contributed by atoms with Gasteiger partial charge in [0.2, 0.25) is 5.89 Å². The summed E-state index contributed by atoms with van der Waals surface area (Å²) in [5.41, 5.74) is 11.3. The number of aromatic nitrogens is 4. The number of rotatable bonds is 9. The Bertz CT molecular complexity index is 1530. The van der Waals surface area contributed by atoms with Crippen LogP contribution in [0.25, 0.3) is 16.7 Å². The average Bonchev–Trinajstić information content (AvgIpc) is 3.47.